The summed E-state index contributed by atoms with van der Waals surface area (Å²) in [5.74, 6) is 0.284. The van der Waals surface area contributed by atoms with Crippen LogP contribution in [0.25, 0.3) is 0 Å². The van der Waals surface area contributed by atoms with Crippen LogP contribution in [0.1, 0.15) is 16.7 Å². The van der Waals surface area contributed by atoms with Crippen LogP contribution in [-0.2, 0) is 6.54 Å². The van der Waals surface area contributed by atoms with Gasteiger partial charge in [0.1, 0.15) is 0 Å². The van der Waals surface area contributed by atoms with Crippen LogP contribution in [0.2, 0.25) is 0 Å². The molecule has 0 aliphatic heterocycles. The Morgan fingerprint density at radius 3 is 2.84 bits per heavy atom. The lowest BCUT2D eigenvalue weighted by Gasteiger charge is -2.08. The third-order valence-corrected chi connectivity index (χ3v) is 2.78. The SMILES string of the molecule is Cc1cnc(NCc2ccncc2C)c([N+](=O)[O-])c1. The maximum atomic E-state index is 11.0. The van der Waals surface area contributed by atoms with Crippen LogP contribution in [-0.4, -0.2) is 14.9 Å². The molecule has 2 aromatic rings. The Balaban J connectivity index is 2.20. The van der Waals surface area contributed by atoms with E-state index in [4.69, 9.17) is 0 Å². The molecule has 0 bridgehead atoms. The molecular formula is C13H14N4O2. The maximum Gasteiger partial charge on any atom is 0.311 e. The van der Waals surface area contributed by atoms with E-state index < -0.39 is 4.92 Å². The summed E-state index contributed by atoms with van der Waals surface area (Å²) in [6.45, 7) is 4.20. The van der Waals surface area contributed by atoms with Crippen LogP contribution in [0.4, 0.5) is 11.5 Å². The van der Waals surface area contributed by atoms with Gasteiger partial charge in [0, 0.05) is 31.2 Å². The molecule has 0 spiro atoms. The molecule has 2 heterocycles. The molecule has 0 saturated heterocycles. The predicted molar refractivity (Wildman–Crippen MR) is 71.9 cm³/mol. The maximum absolute atomic E-state index is 11.0. The summed E-state index contributed by atoms with van der Waals surface area (Å²) < 4.78 is 0. The second-order valence-corrected chi connectivity index (χ2v) is 4.29. The van der Waals surface area contributed by atoms with Crippen molar-refractivity contribution in [2.45, 2.75) is 20.4 Å². The molecule has 0 saturated carbocycles. The number of rotatable bonds is 4. The number of aryl methyl sites for hydroxylation is 2. The molecule has 6 nitrogen and oxygen atoms in total. The highest BCUT2D eigenvalue weighted by atomic mass is 16.6. The highest BCUT2D eigenvalue weighted by Crippen LogP contribution is 2.23. The summed E-state index contributed by atoms with van der Waals surface area (Å²) in [4.78, 5) is 18.6. The standard InChI is InChI=1S/C13H14N4O2/c1-9-5-12(17(18)19)13(15-6-9)16-8-11-3-4-14-7-10(11)2/h3-7H,8H2,1-2H3,(H,15,16). The highest BCUT2D eigenvalue weighted by Gasteiger charge is 2.15. The lowest BCUT2D eigenvalue weighted by Crippen LogP contribution is -2.06. The van der Waals surface area contributed by atoms with Crippen molar-refractivity contribution in [1.29, 1.82) is 0 Å². The van der Waals surface area contributed by atoms with Crippen molar-refractivity contribution >= 4 is 11.5 Å². The Hall–Kier alpha value is -2.50. The van der Waals surface area contributed by atoms with Crippen LogP contribution in [0.3, 0.4) is 0 Å². The van der Waals surface area contributed by atoms with Crippen molar-refractivity contribution in [1.82, 2.24) is 9.97 Å². The van der Waals surface area contributed by atoms with Gasteiger partial charge in [-0.25, -0.2) is 4.98 Å². The minimum absolute atomic E-state index is 0.00768. The fourth-order valence-electron chi connectivity index (χ4n) is 1.71. The zero-order chi connectivity index (χ0) is 13.8. The highest BCUT2D eigenvalue weighted by molar-refractivity contribution is 5.56. The zero-order valence-corrected chi connectivity index (χ0v) is 10.8. The molecular weight excluding hydrogens is 244 g/mol. The van der Waals surface area contributed by atoms with Gasteiger partial charge in [0.05, 0.1) is 4.92 Å². The number of nitro groups is 1. The molecule has 98 valence electrons. The van der Waals surface area contributed by atoms with Gasteiger partial charge in [0.25, 0.3) is 0 Å². The van der Waals surface area contributed by atoms with E-state index >= 15 is 0 Å². The molecule has 1 N–H and O–H groups in total. The van der Waals surface area contributed by atoms with E-state index in [0.29, 0.717) is 6.54 Å². The third kappa shape index (κ3) is 3.04. The van der Waals surface area contributed by atoms with Gasteiger partial charge in [-0.15, -0.1) is 0 Å². The third-order valence-electron chi connectivity index (χ3n) is 2.78. The molecule has 0 fully saturated rings. The summed E-state index contributed by atoms with van der Waals surface area (Å²) in [5.41, 5.74) is 2.82. The minimum Gasteiger partial charge on any atom is -0.360 e. The van der Waals surface area contributed by atoms with Crippen LogP contribution < -0.4 is 5.32 Å². The molecule has 0 atom stereocenters. The number of pyridine rings is 2. The van der Waals surface area contributed by atoms with Gasteiger partial charge in [-0.1, -0.05) is 0 Å². The van der Waals surface area contributed by atoms with E-state index in [1.807, 2.05) is 13.0 Å². The van der Waals surface area contributed by atoms with Gasteiger partial charge in [-0.2, -0.15) is 0 Å². The molecule has 0 aliphatic carbocycles. The monoisotopic (exact) mass is 258 g/mol. The smallest absolute Gasteiger partial charge is 0.311 e. The molecule has 0 aliphatic rings. The minimum atomic E-state index is -0.429. The Labute approximate surface area is 110 Å². The lowest BCUT2D eigenvalue weighted by atomic mass is 10.1. The summed E-state index contributed by atoms with van der Waals surface area (Å²) in [5, 5.41) is 14.0. The normalized spacial score (nSPS) is 10.2. The van der Waals surface area contributed by atoms with Gasteiger partial charge in [-0.05, 0) is 36.6 Å². The first-order valence-electron chi connectivity index (χ1n) is 5.82. The van der Waals surface area contributed by atoms with E-state index in [1.54, 1.807) is 25.5 Å². The summed E-state index contributed by atoms with van der Waals surface area (Å²) in [7, 11) is 0. The summed E-state index contributed by atoms with van der Waals surface area (Å²) in [6, 6.07) is 3.39. The van der Waals surface area contributed by atoms with Crippen LogP contribution in [0.15, 0.2) is 30.7 Å². The average molecular weight is 258 g/mol. The summed E-state index contributed by atoms with van der Waals surface area (Å²) in [6.07, 6.45) is 5.06. The van der Waals surface area contributed by atoms with Crippen LogP contribution >= 0.6 is 0 Å². The predicted octanol–water partition coefficient (Wildman–Crippen LogP) is 2.61. The Morgan fingerprint density at radius 2 is 2.16 bits per heavy atom. The van der Waals surface area contributed by atoms with E-state index in [-0.39, 0.29) is 11.5 Å². The Bertz CT molecular complexity index is 613. The van der Waals surface area contributed by atoms with Gasteiger partial charge in [0.15, 0.2) is 0 Å². The number of nitrogens with zero attached hydrogens (tertiary/aromatic N) is 3. The van der Waals surface area contributed by atoms with Gasteiger partial charge < -0.3 is 5.32 Å². The van der Waals surface area contributed by atoms with Crippen LogP contribution in [0, 0.1) is 24.0 Å². The molecule has 2 rings (SSSR count). The first kappa shape index (κ1) is 12.9. The van der Waals surface area contributed by atoms with Crippen molar-refractivity contribution in [3.8, 4) is 0 Å². The molecule has 6 heteroatoms. The molecule has 0 aromatic carbocycles. The van der Waals surface area contributed by atoms with Crippen molar-refractivity contribution in [3.63, 3.8) is 0 Å². The Kier molecular flexibility index (Phi) is 3.70. The fourth-order valence-corrected chi connectivity index (χ4v) is 1.71. The largest absolute Gasteiger partial charge is 0.360 e. The molecule has 19 heavy (non-hydrogen) atoms. The van der Waals surface area contributed by atoms with Crippen molar-refractivity contribution in [2.75, 3.05) is 5.32 Å². The quantitative estimate of drug-likeness (QED) is 0.673. The Morgan fingerprint density at radius 1 is 1.37 bits per heavy atom. The molecule has 0 radical (unpaired) electrons. The summed E-state index contributed by atoms with van der Waals surface area (Å²) >= 11 is 0. The number of nitrogens with one attached hydrogen (secondary N) is 1. The number of aromatic nitrogens is 2. The van der Waals surface area contributed by atoms with Crippen molar-refractivity contribution < 1.29 is 4.92 Å². The molecule has 0 amide bonds. The van der Waals surface area contributed by atoms with E-state index in [2.05, 4.69) is 15.3 Å². The number of hydrogen-bond donors (Lipinski definition) is 1. The zero-order valence-electron chi connectivity index (χ0n) is 10.8. The topological polar surface area (TPSA) is 81.0 Å². The van der Waals surface area contributed by atoms with Crippen molar-refractivity contribution in [2.24, 2.45) is 0 Å². The fraction of sp³-hybridized carbons (Fsp3) is 0.231. The molecule has 2 aromatic heterocycles. The second-order valence-electron chi connectivity index (χ2n) is 4.29. The van der Waals surface area contributed by atoms with Gasteiger partial charge in [0.2, 0.25) is 5.82 Å². The number of hydrogen-bond acceptors (Lipinski definition) is 5. The first-order chi connectivity index (χ1) is 9.08. The molecule has 0 unspecified atom stereocenters. The van der Waals surface area contributed by atoms with E-state index in [0.717, 1.165) is 16.7 Å². The number of anilines is 1. The van der Waals surface area contributed by atoms with E-state index in [1.165, 1.54) is 6.07 Å². The van der Waals surface area contributed by atoms with Gasteiger partial charge in [-0.3, -0.25) is 15.1 Å². The van der Waals surface area contributed by atoms with Gasteiger partial charge >= 0.3 is 5.69 Å². The first-order valence-corrected chi connectivity index (χ1v) is 5.82. The average Bonchev–Trinajstić information content (AvgIpc) is 2.38. The van der Waals surface area contributed by atoms with Crippen LogP contribution in [0.5, 0.6) is 0 Å². The second kappa shape index (κ2) is 5.43. The van der Waals surface area contributed by atoms with Crippen molar-refractivity contribution in [3.05, 3.63) is 57.5 Å². The van der Waals surface area contributed by atoms with E-state index in [9.17, 15) is 10.1 Å². The lowest BCUT2D eigenvalue weighted by molar-refractivity contribution is -0.384.